The molecule has 156 valence electrons. The van der Waals surface area contributed by atoms with E-state index in [1.807, 2.05) is 25.1 Å². The van der Waals surface area contributed by atoms with E-state index in [4.69, 9.17) is 18.9 Å². The highest BCUT2D eigenvalue weighted by molar-refractivity contribution is 5.90. The van der Waals surface area contributed by atoms with E-state index in [2.05, 4.69) is 26.1 Å². The summed E-state index contributed by atoms with van der Waals surface area (Å²) in [6, 6.07) is 5.89. The first-order valence-corrected chi connectivity index (χ1v) is 9.62. The third-order valence-electron chi connectivity index (χ3n) is 5.06. The lowest BCUT2D eigenvalue weighted by Gasteiger charge is -2.38. The van der Waals surface area contributed by atoms with E-state index >= 15 is 0 Å². The van der Waals surface area contributed by atoms with Gasteiger partial charge in [-0.3, -0.25) is 0 Å². The number of carbonyl (C=O) groups excluding carboxylic acids is 1. The number of benzene rings is 1. The van der Waals surface area contributed by atoms with Crippen LogP contribution in [-0.2, 0) is 20.7 Å². The van der Waals surface area contributed by atoms with Gasteiger partial charge in [0.15, 0.2) is 11.5 Å². The molecule has 1 aromatic rings. The maximum Gasteiger partial charge on any atom is 0.338 e. The number of ether oxygens (including phenoxy) is 4. The van der Waals surface area contributed by atoms with Crippen molar-refractivity contribution in [3.8, 4) is 11.5 Å². The van der Waals surface area contributed by atoms with Crippen LogP contribution in [0.1, 0.15) is 39.7 Å². The second-order valence-corrected chi connectivity index (χ2v) is 8.09. The van der Waals surface area contributed by atoms with Gasteiger partial charge in [-0.1, -0.05) is 26.8 Å². The van der Waals surface area contributed by atoms with Crippen LogP contribution in [0.4, 0.5) is 0 Å². The van der Waals surface area contributed by atoms with Crippen LogP contribution >= 0.6 is 0 Å². The molecule has 0 amide bonds. The van der Waals surface area contributed by atoms with E-state index in [9.17, 15) is 4.79 Å². The Labute approximate surface area is 168 Å². The Morgan fingerprint density at radius 1 is 1.18 bits per heavy atom. The molecule has 1 heterocycles. The summed E-state index contributed by atoms with van der Waals surface area (Å²) in [5.41, 5.74) is 2.59. The van der Waals surface area contributed by atoms with Crippen LogP contribution in [0.5, 0.6) is 11.5 Å². The van der Waals surface area contributed by atoms with Crippen LogP contribution in [-0.4, -0.2) is 46.1 Å². The molecule has 1 aliphatic heterocycles. The second kappa shape index (κ2) is 9.32. The van der Waals surface area contributed by atoms with E-state index < -0.39 is 0 Å². The summed E-state index contributed by atoms with van der Waals surface area (Å²) in [7, 11) is 4.65. The molecule has 6 nitrogen and oxygen atoms in total. The minimum absolute atomic E-state index is 0.0216. The molecular formula is C22H33NO5. The molecular weight excluding hydrogens is 358 g/mol. The topological polar surface area (TPSA) is 66.0 Å². The summed E-state index contributed by atoms with van der Waals surface area (Å²) < 4.78 is 21.7. The van der Waals surface area contributed by atoms with Crippen LogP contribution in [0.3, 0.4) is 0 Å². The first-order valence-electron chi connectivity index (χ1n) is 9.62. The van der Waals surface area contributed by atoms with Gasteiger partial charge >= 0.3 is 5.97 Å². The zero-order valence-corrected chi connectivity index (χ0v) is 18.0. The Hall–Kier alpha value is -2.21. The average molecular weight is 392 g/mol. The van der Waals surface area contributed by atoms with E-state index in [-0.39, 0.29) is 23.6 Å². The molecule has 1 aliphatic rings. The largest absolute Gasteiger partial charge is 0.493 e. The third-order valence-corrected chi connectivity index (χ3v) is 5.06. The van der Waals surface area contributed by atoms with Gasteiger partial charge < -0.3 is 24.3 Å². The average Bonchev–Trinajstić information content (AvgIpc) is 2.66. The van der Waals surface area contributed by atoms with Gasteiger partial charge in [0, 0.05) is 18.7 Å². The SMILES string of the molecule is COC(=O)C1=C(NCCc2ccc(OC)c(OC)c2)C[C@@H](C(C)(C)C)O[C@H]1C. The maximum absolute atomic E-state index is 12.3. The fourth-order valence-corrected chi connectivity index (χ4v) is 3.37. The molecule has 0 saturated carbocycles. The van der Waals surface area contributed by atoms with E-state index in [0.29, 0.717) is 30.0 Å². The first kappa shape index (κ1) is 22.1. The van der Waals surface area contributed by atoms with Gasteiger partial charge in [-0.2, -0.15) is 0 Å². The van der Waals surface area contributed by atoms with Crippen molar-refractivity contribution in [2.45, 2.75) is 52.7 Å². The zero-order valence-electron chi connectivity index (χ0n) is 18.0. The van der Waals surface area contributed by atoms with Crippen molar-refractivity contribution in [3.05, 3.63) is 35.0 Å². The highest BCUT2D eigenvalue weighted by atomic mass is 16.5. The normalized spacial score (nSPS) is 20.0. The smallest absolute Gasteiger partial charge is 0.338 e. The second-order valence-electron chi connectivity index (χ2n) is 8.09. The number of esters is 1. The lowest BCUT2D eigenvalue weighted by Crippen LogP contribution is -2.42. The highest BCUT2D eigenvalue weighted by Gasteiger charge is 2.37. The molecule has 0 bridgehead atoms. The molecule has 0 spiro atoms. The highest BCUT2D eigenvalue weighted by Crippen LogP contribution is 2.35. The Kier molecular flexibility index (Phi) is 7.35. The van der Waals surface area contributed by atoms with Gasteiger partial charge in [0.25, 0.3) is 0 Å². The molecule has 0 aromatic heterocycles. The van der Waals surface area contributed by atoms with Gasteiger partial charge in [0.1, 0.15) is 0 Å². The Balaban J connectivity index is 2.15. The first-order chi connectivity index (χ1) is 13.2. The van der Waals surface area contributed by atoms with Crippen LogP contribution in [0.15, 0.2) is 29.5 Å². The van der Waals surface area contributed by atoms with Crippen molar-refractivity contribution in [1.82, 2.24) is 5.32 Å². The molecule has 0 fully saturated rings. The van der Waals surface area contributed by atoms with Crippen molar-refractivity contribution in [2.75, 3.05) is 27.9 Å². The summed E-state index contributed by atoms with van der Waals surface area (Å²) in [6.07, 6.45) is 1.16. The van der Waals surface area contributed by atoms with Gasteiger partial charge in [0.2, 0.25) is 0 Å². The van der Waals surface area contributed by atoms with E-state index in [0.717, 1.165) is 17.7 Å². The van der Waals surface area contributed by atoms with Crippen molar-refractivity contribution in [2.24, 2.45) is 5.41 Å². The van der Waals surface area contributed by atoms with E-state index in [1.54, 1.807) is 14.2 Å². The van der Waals surface area contributed by atoms with Gasteiger partial charge in [0.05, 0.1) is 39.1 Å². The number of hydrogen-bond acceptors (Lipinski definition) is 6. The Morgan fingerprint density at radius 3 is 2.43 bits per heavy atom. The fourth-order valence-electron chi connectivity index (χ4n) is 3.37. The van der Waals surface area contributed by atoms with Gasteiger partial charge in [-0.25, -0.2) is 4.79 Å². The van der Waals surface area contributed by atoms with E-state index in [1.165, 1.54) is 7.11 Å². The number of methoxy groups -OCH3 is 3. The molecule has 0 radical (unpaired) electrons. The number of carbonyl (C=O) groups is 1. The van der Waals surface area contributed by atoms with Crippen molar-refractivity contribution in [3.63, 3.8) is 0 Å². The molecule has 28 heavy (non-hydrogen) atoms. The third kappa shape index (κ3) is 5.19. The zero-order chi connectivity index (χ0) is 20.9. The number of rotatable bonds is 7. The molecule has 2 rings (SSSR count). The van der Waals surface area contributed by atoms with Crippen LogP contribution in [0.2, 0.25) is 0 Å². The van der Waals surface area contributed by atoms with Crippen molar-refractivity contribution < 1.29 is 23.7 Å². The lowest BCUT2D eigenvalue weighted by molar-refractivity contribution is -0.140. The van der Waals surface area contributed by atoms with Gasteiger partial charge in [-0.05, 0) is 36.5 Å². The van der Waals surface area contributed by atoms with Crippen LogP contribution in [0.25, 0.3) is 0 Å². The molecule has 6 heteroatoms. The monoisotopic (exact) mass is 391 g/mol. The number of nitrogens with one attached hydrogen (secondary N) is 1. The quantitative estimate of drug-likeness (QED) is 0.718. The minimum Gasteiger partial charge on any atom is -0.493 e. The summed E-state index contributed by atoms with van der Waals surface area (Å²) >= 11 is 0. The molecule has 0 unspecified atom stereocenters. The predicted octanol–water partition coefficient (Wildman–Crippen LogP) is 3.49. The summed E-state index contributed by atoms with van der Waals surface area (Å²) in [5, 5.41) is 3.46. The fraction of sp³-hybridized carbons (Fsp3) is 0.591. The standard InChI is InChI=1S/C22H33NO5/c1-14-20(21(24)27-7)16(13-19(28-14)22(2,3)4)23-11-10-15-8-9-17(25-5)18(12-15)26-6/h8-9,12,14,19,23H,10-11,13H2,1-7H3/t14-,19-/m0/s1. The summed E-state index contributed by atoms with van der Waals surface area (Å²) in [6.45, 7) is 9.04. The van der Waals surface area contributed by atoms with Gasteiger partial charge in [-0.15, -0.1) is 0 Å². The Morgan fingerprint density at radius 2 is 1.86 bits per heavy atom. The van der Waals surface area contributed by atoms with Crippen LogP contribution in [0, 0.1) is 5.41 Å². The molecule has 2 atom stereocenters. The molecule has 1 N–H and O–H groups in total. The molecule has 1 aromatic carbocycles. The Bertz CT molecular complexity index is 720. The summed E-state index contributed by atoms with van der Waals surface area (Å²) in [5.74, 6) is 1.08. The molecule has 0 saturated heterocycles. The lowest BCUT2D eigenvalue weighted by atomic mass is 9.83. The predicted molar refractivity (Wildman–Crippen MR) is 109 cm³/mol. The maximum atomic E-state index is 12.3. The molecule has 0 aliphatic carbocycles. The van der Waals surface area contributed by atoms with Crippen molar-refractivity contribution >= 4 is 5.97 Å². The van der Waals surface area contributed by atoms with Crippen LogP contribution < -0.4 is 14.8 Å². The summed E-state index contributed by atoms with van der Waals surface area (Å²) in [4.78, 5) is 12.3. The van der Waals surface area contributed by atoms with Crippen molar-refractivity contribution in [1.29, 1.82) is 0 Å². The minimum atomic E-state index is -0.339. The number of hydrogen-bond donors (Lipinski definition) is 1.